The topological polar surface area (TPSA) is 80.3 Å². The van der Waals surface area contributed by atoms with Crippen molar-refractivity contribution in [1.82, 2.24) is 4.98 Å². The fourth-order valence-electron chi connectivity index (χ4n) is 3.08. The minimum absolute atomic E-state index is 0.0570. The third-order valence-electron chi connectivity index (χ3n) is 4.60. The standard InChI is InChI=1S/C20H23N3O3/c1-26-17-10-7-15(8-11-17)20(25)23-18-12-9-16(13-21-18)22-19(24)14-5-3-2-4-6-14/h7-14H,2-6H2,1H3,(H,22,24)(H,21,23,25). The molecule has 0 atom stereocenters. The summed E-state index contributed by atoms with van der Waals surface area (Å²) in [6.45, 7) is 0. The van der Waals surface area contributed by atoms with E-state index in [4.69, 9.17) is 4.74 Å². The summed E-state index contributed by atoms with van der Waals surface area (Å²) in [5, 5.41) is 5.64. The molecule has 0 bridgehead atoms. The van der Waals surface area contributed by atoms with Crippen molar-refractivity contribution >= 4 is 23.3 Å². The summed E-state index contributed by atoms with van der Waals surface area (Å²) in [6, 6.07) is 10.3. The molecule has 0 unspecified atom stereocenters. The van der Waals surface area contributed by atoms with Crippen molar-refractivity contribution in [2.24, 2.45) is 5.92 Å². The molecule has 1 aliphatic rings. The Morgan fingerprint density at radius 2 is 1.73 bits per heavy atom. The maximum absolute atomic E-state index is 12.2. The van der Waals surface area contributed by atoms with E-state index in [1.165, 1.54) is 6.42 Å². The van der Waals surface area contributed by atoms with Gasteiger partial charge in [0.15, 0.2) is 0 Å². The van der Waals surface area contributed by atoms with Crippen LogP contribution in [0.1, 0.15) is 42.5 Å². The smallest absolute Gasteiger partial charge is 0.256 e. The largest absolute Gasteiger partial charge is 0.497 e. The van der Waals surface area contributed by atoms with Crippen LogP contribution in [0.4, 0.5) is 11.5 Å². The van der Waals surface area contributed by atoms with Crippen LogP contribution >= 0.6 is 0 Å². The monoisotopic (exact) mass is 353 g/mol. The lowest BCUT2D eigenvalue weighted by atomic mass is 9.88. The number of anilines is 2. The average Bonchev–Trinajstić information content (AvgIpc) is 2.70. The molecule has 2 aromatic rings. The maximum Gasteiger partial charge on any atom is 0.256 e. The molecule has 1 heterocycles. The summed E-state index contributed by atoms with van der Waals surface area (Å²) in [5.41, 5.74) is 1.16. The van der Waals surface area contributed by atoms with E-state index in [1.54, 1.807) is 49.7 Å². The Kier molecular flexibility index (Phi) is 5.84. The minimum Gasteiger partial charge on any atom is -0.497 e. The van der Waals surface area contributed by atoms with Gasteiger partial charge < -0.3 is 15.4 Å². The van der Waals surface area contributed by atoms with E-state index in [2.05, 4.69) is 15.6 Å². The SMILES string of the molecule is COc1ccc(C(=O)Nc2ccc(NC(=O)C3CCCCC3)cn2)cc1. The van der Waals surface area contributed by atoms with E-state index in [-0.39, 0.29) is 17.7 Å². The third-order valence-corrected chi connectivity index (χ3v) is 4.60. The van der Waals surface area contributed by atoms with Gasteiger partial charge in [-0.05, 0) is 49.2 Å². The number of aromatic nitrogens is 1. The van der Waals surface area contributed by atoms with Crippen molar-refractivity contribution < 1.29 is 14.3 Å². The average molecular weight is 353 g/mol. The highest BCUT2D eigenvalue weighted by atomic mass is 16.5. The van der Waals surface area contributed by atoms with Crippen LogP contribution in [0.2, 0.25) is 0 Å². The van der Waals surface area contributed by atoms with E-state index < -0.39 is 0 Å². The molecule has 6 heteroatoms. The second kappa shape index (κ2) is 8.47. The van der Waals surface area contributed by atoms with Crippen LogP contribution in [-0.2, 0) is 4.79 Å². The van der Waals surface area contributed by atoms with Crippen LogP contribution in [0.3, 0.4) is 0 Å². The van der Waals surface area contributed by atoms with Crippen LogP contribution in [0.15, 0.2) is 42.6 Å². The zero-order valence-corrected chi connectivity index (χ0v) is 14.8. The van der Waals surface area contributed by atoms with Gasteiger partial charge in [0, 0.05) is 11.5 Å². The van der Waals surface area contributed by atoms with E-state index in [0.717, 1.165) is 25.7 Å². The first-order valence-corrected chi connectivity index (χ1v) is 8.88. The molecule has 2 N–H and O–H groups in total. The highest BCUT2D eigenvalue weighted by Crippen LogP contribution is 2.25. The second-order valence-electron chi connectivity index (χ2n) is 6.44. The Balaban J connectivity index is 1.56. The number of carbonyl (C=O) groups is 2. The molecule has 0 saturated heterocycles. The molecule has 1 fully saturated rings. The highest BCUT2D eigenvalue weighted by molar-refractivity contribution is 6.03. The number of hydrogen-bond donors (Lipinski definition) is 2. The Labute approximate surface area is 153 Å². The van der Waals surface area contributed by atoms with Gasteiger partial charge in [0.25, 0.3) is 5.91 Å². The summed E-state index contributed by atoms with van der Waals surface area (Å²) in [7, 11) is 1.58. The summed E-state index contributed by atoms with van der Waals surface area (Å²) in [6.07, 6.45) is 6.92. The van der Waals surface area contributed by atoms with Gasteiger partial charge in [0.2, 0.25) is 5.91 Å². The fraction of sp³-hybridized carbons (Fsp3) is 0.350. The Hall–Kier alpha value is -2.89. The lowest BCUT2D eigenvalue weighted by Crippen LogP contribution is -2.24. The molecule has 26 heavy (non-hydrogen) atoms. The van der Waals surface area contributed by atoms with Gasteiger partial charge in [-0.25, -0.2) is 4.98 Å². The van der Waals surface area contributed by atoms with Gasteiger partial charge in [0.05, 0.1) is 19.0 Å². The lowest BCUT2D eigenvalue weighted by Gasteiger charge is -2.20. The molecule has 3 rings (SSSR count). The number of nitrogens with one attached hydrogen (secondary N) is 2. The Bertz CT molecular complexity index is 751. The summed E-state index contributed by atoms with van der Waals surface area (Å²) < 4.78 is 5.08. The number of carbonyl (C=O) groups excluding carboxylic acids is 2. The van der Waals surface area contributed by atoms with Gasteiger partial charge in [-0.2, -0.15) is 0 Å². The fourth-order valence-corrected chi connectivity index (χ4v) is 3.08. The zero-order valence-electron chi connectivity index (χ0n) is 14.8. The first-order valence-electron chi connectivity index (χ1n) is 8.88. The van der Waals surface area contributed by atoms with Crippen molar-refractivity contribution in [2.75, 3.05) is 17.7 Å². The van der Waals surface area contributed by atoms with Gasteiger partial charge in [0.1, 0.15) is 11.6 Å². The van der Waals surface area contributed by atoms with Gasteiger partial charge >= 0.3 is 0 Å². The minimum atomic E-state index is -0.251. The van der Waals surface area contributed by atoms with Crippen molar-refractivity contribution in [1.29, 1.82) is 0 Å². The van der Waals surface area contributed by atoms with Crippen LogP contribution < -0.4 is 15.4 Å². The third kappa shape index (κ3) is 4.59. The van der Waals surface area contributed by atoms with Gasteiger partial charge in [-0.15, -0.1) is 0 Å². The molecule has 6 nitrogen and oxygen atoms in total. The predicted molar refractivity (Wildman–Crippen MR) is 100 cm³/mol. The first-order chi connectivity index (χ1) is 12.7. The molecule has 0 aliphatic heterocycles. The van der Waals surface area contributed by atoms with Crippen LogP contribution in [0, 0.1) is 5.92 Å². The van der Waals surface area contributed by atoms with Gasteiger partial charge in [-0.1, -0.05) is 19.3 Å². The summed E-state index contributed by atoms with van der Waals surface area (Å²) >= 11 is 0. The van der Waals surface area contributed by atoms with Crippen molar-refractivity contribution in [3.63, 3.8) is 0 Å². The van der Waals surface area contributed by atoms with Crippen molar-refractivity contribution in [2.45, 2.75) is 32.1 Å². The Morgan fingerprint density at radius 1 is 1.00 bits per heavy atom. The van der Waals surface area contributed by atoms with Gasteiger partial charge in [-0.3, -0.25) is 9.59 Å². The number of amides is 2. The number of pyridine rings is 1. The molecule has 1 aliphatic carbocycles. The van der Waals surface area contributed by atoms with E-state index in [9.17, 15) is 9.59 Å². The molecule has 1 aromatic heterocycles. The quantitative estimate of drug-likeness (QED) is 0.855. The molecule has 1 saturated carbocycles. The molecule has 2 amide bonds. The Morgan fingerprint density at radius 3 is 2.35 bits per heavy atom. The van der Waals surface area contributed by atoms with Crippen molar-refractivity contribution in [3.05, 3.63) is 48.2 Å². The number of nitrogens with zero attached hydrogens (tertiary/aromatic N) is 1. The number of benzene rings is 1. The molecule has 0 radical (unpaired) electrons. The normalized spacial score (nSPS) is 14.5. The van der Waals surface area contributed by atoms with Crippen molar-refractivity contribution in [3.8, 4) is 5.75 Å². The molecular formula is C20H23N3O3. The van der Waals surface area contributed by atoms with Crippen LogP contribution in [-0.4, -0.2) is 23.9 Å². The predicted octanol–water partition coefficient (Wildman–Crippen LogP) is 3.86. The molecule has 0 spiro atoms. The highest BCUT2D eigenvalue weighted by Gasteiger charge is 2.21. The summed E-state index contributed by atoms with van der Waals surface area (Å²) in [4.78, 5) is 28.7. The van der Waals surface area contributed by atoms with E-state index >= 15 is 0 Å². The maximum atomic E-state index is 12.2. The van der Waals surface area contributed by atoms with Crippen LogP contribution in [0.5, 0.6) is 5.75 Å². The van der Waals surface area contributed by atoms with E-state index in [1.807, 2.05) is 0 Å². The number of hydrogen-bond acceptors (Lipinski definition) is 4. The first kappa shape index (κ1) is 17.9. The molecule has 136 valence electrons. The summed E-state index contributed by atoms with van der Waals surface area (Å²) in [5.74, 6) is 1.03. The number of ether oxygens (including phenoxy) is 1. The lowest BCUT2D eigenvalue weighted by molar-refractivity contribution is -0.120. The van der Waals surface area contributed by atoms with Crippen LogP contribution in [0.25, 0.3) is 0 Å². The molecule has 1 aromatic carbocycles. The zero-order chi connectivity index (χ0) is 18.4. The molecular weight excluding hydrogens is 330 g/mol. The number of methoxy groups -OCH3 is 1. The second-order valence-corrected chi connectivity index (χ2v) is 6.44. The van der Waals surface area contributed by atoms with E-state index in [0.29, 0.717) is 22.8 Å². The number of rotatable bonds is 5.